The van der Waals surface area contributed by atoms with E-state index in [9.17, 15) is 9.59 Å². The van der Waals surface area contributed by atoms with E-state index in [2.05, 4.69) is 15.7 Å². The lowest BCUT2D eigenvalue weighted by atomic mass is 10.1. The summed E-state index contributed by atoms with van der Waals surface area (Å²) in [6.45, 7) is 4.75. The average Bonchev–Trinajstić information content (AvgIpc) is 3.00. The van der Waals surface area contributed by atoms with Crippen LogP contribution in [0.1, 0.15) is 45.3 Å². The number of nitrogens with one attached hydrogen (secondary N) is 2. The van der Waals surface area contributed by atoms with Gasteiger partial charge in [-0.3, -0.25) is 9.59 Å². The monoisotopic (exact) mass is 410 g/mol. The van der Waals surface area contributed by atoms with Gasteiger partial charge in [0.15, 0.2) is 0 Å². The van der Waals surface area contributed by atoms with Gasteiger partial charge in [-0.05, 0) is 31.0 Å². The minimum atomic E-state index is -0.400. The lowest BCUT2D eigenvalue weighted by Crippen LogP contribution is -2.26. The van der Waals surface area contributed by atoms with Crippen molar-refractivity contribution in [3.63, 3.8) is 0 Å². The van der Waals surface area contributed by atoms with Crippen molar-refractivity contribution in [3.8, 4) is 0 Å². The number of carbonyl (C=O) groups is 2. The number of halogens is 1. The van der Waals surface area contributed by atoms with Gasteiger partial charge in [-0.25, -0.2) is 4.68 Å². The van der Waals surface area contributed by atoms with Crippen LogP contribution in [0.5, 0.6) is 0 Å². The SMILES string of the molecule is CCCNC(=O)c1ccccc1NC(=O)c1c(C)nn(Cc2ccccc2)c1Cl. The number of aryl methyl sites for hydroxylation is 1. The Labute approximate surface area is 174 Å². The summed E-state index contributed by atoms with van der Waals surface area (Å²) in [5, 5.41) is 10.3. The van der Waals surface area contributed by atoms with E-state index >= 15 is 0 Å². The molecule has 0 aliphatic rings. The molecule has 150 valence electrons. The van der Waals surface area contributed by atoms with Crippen LogP contribution in [0, 0.1) is 6.92 Å². The molecular weight excluding hydrogens is 388 g/mol. The van der Waals surface area contributed by atoms with E-state index in [-0.39, 0.29) is 11.1 Å². The molecule has 0 atom stereocenters. The first kappa shape index (κ1) is 20.6. The number of para-hydroxylation sites is 1. The van der Waals surface area contributed by atoms with Gasteiger partial charge in [0.1, 0.15) is 5.15 Å². The Morgan fingerprint density at radius 1 is 1.03 bits per heavy atom. The summed E-state index contributed by atoms with van der Waals surface area (Å²) < 4.78 is 1.60. The molecule has 29 heavy (non-hydrogen) atoms. The Hall–Kier alpha value is -3.12. The van der Waals surface area contributed by atoms with Crippen molar-refractivity contribution in [2.45, 2.75) is 26.8 Å². The maximum Gasteiger partial charge on any atom is 0.260 e. The van der Waals surface area contributed by atoms with E-state index in [1.54, 1.807) is 35.9 Å². The van der Waals surface area contributed by atoms with Gasteiger partial charge in [0, 0.05) is 6.54 Å². The number of amides is 2. The standard InChI is InChI=1S/C22H23ClN4O2/c1-3-13-24-21(28)17-11-7-8-12-18(17)25-22(29)19-15(2)26-27(20(19)23)14-16-9-5-4-6-10-16/h4-12H,3,13-14H2,1-2H3,(H,24,28)(H,25,29). The van der Waals surface area contributed by atoms with Gasteiger partial charge in [0.05, 0.1) is 29.1 Å². The van der Waals surface area contributed by atoms with Gasteiger partial charge in [-0.2, -0.15) is 5.10 Å². The van der Waals surface area contributed by atoms with Crippen LogP contribution in [-0.4, -0.2) is 28.1 Å². The third-order valence-electron chi connectivity index (χ3n) is 4.42. The molecular formula is C22H23ClN4O2. The highest BCUT2D eigenvalue weighted by Crippen LogP contribution is 2.23. The Balaban J connectivity index is 1.83. The molecule has 2 aromatic carbocycles. The quantitative estimate of drug-likeness (QED) is 0.610. The first-order valence-electron chi connectivity index (χ1n) is 9.46. The van der Waals surface area contributed by atoms with E-state index in [0.29, 0.717) is 35.6 Å². The van der Waals surface area contributed by atoms with Gasteiger partial charge < -0.3 is 10.6 Å². The predicted octanol–water partition coefficient (Wildman–Crippen LogP) is 4.29. The van der Waals surface area contributed by atoms with Crippen LogP contribution in [0.25, 0.3) is 0 Å². The summed E-state index contributed by atoms with van der Waals surface area (Å²) in [4.78, 5) is 25.3. The third-order valence-corrected chi connectivity index (χ3v) is 4.81. The van der Waals surface area contributed by atoms with E-state index in [1.807, 2.05) is 37.3 Å². The molecule has 7 heteroatoms. The van der Waals surface area contributed by atoms with Crippen molar-refractivity contribution in [1.82, 2.24) is 15.1 Å². The topological polar surface area (TPSA) is 76.0 Å². The minimum Gasteiger partial charge on any atom is -0.352 e. The van der Waals surface area contributed by atoms with E-state index in [0.717, 1.165) is 12.0 Å². The van der Waals surface area contributed by atoms with E-state index in [4.69, 9.17) is 11.6 Å². The van der Waals surface area contributed by atoms with Gasteiger partial charge in [-0.15, -0.1) is 0 Å². The summed E-state index contributed by atoms with van der Waals surface area (Å²) >= 11 is 6.47. The second kappa shape index (κ2) is 9.39. The fraction of sp³-hybridized carbons (Fsp3) is 0.227. The second-order valence-corrected chi connectivity index (χ2v) is 7.01. The van der Waals surface area contributed by atoms with Crippen LogP contribution >= 0.6 is 11.6 Å². The van der Waals surface area contributed by atoms with E-state index in [1.165, 1.54) is 0 Å². The first-order chi connectivity index (χ1) is 14.0. The summed E-state index contributed by atoms with van der Waals surface area (Å²) in [5.74, 6) is -0.632. The van der Waals surface area contributed by atoms with Crippen molar-refractivity contribution in [2.24, 2.45) is 0 Å². The summed E-state index contributed by atoms with van der Waals surface area (Å²) in [6.07, 6.45) is 0.829. The van der Waals surface area contributed by atoms with Crippen LogP contribution in [0.3, 0.4) is 0 Å². The van der Waals surface area contributed by atoms with Crippen molar-refractivity contribution in [3.05, 3.63) is 82.1 Å². The van der Waals surface area contributed by atoms with Crippen molar-refractivity contribution >= 4 is 29.1 Å². The van der Waals surface area contributed by atoms with Gasteiger partial charge in [0.25, 0.3) is 11.8 Å². The highest BCUT2D eigenvalue weighted by Gasteiger charge is 2.22. The molecule has 1 aromatic heterocycles. The van der Waals surface area contributed by atoms with Gasteiger partial charge >= 0.3 is 0 Å². The van der Waals surface area contributed by atoms with Crippen LogP contribution in [0.15, 0.2) is 54.6 Å². The van der Waals surface area contributed by atoms with Crippen LogP contribution in [0.2, 0.25) is 5.15 Å². The molecule has 0 aliphatic carbocycles. The lowest BCUT2D eigenvalue weighted by molar-refractivity contribution is 0.0954. The maximum absolute atomic E-state index is 12.9. The molecule has 2 N–H and O–H groups in total. The molecule has 0 spiro atoms. The zero-order valence-electron chi connectivity index (χ0n) is 16.4. The fourth-order valence-corrected chi connectivity index (χ4v) is 3.30. The third kappa shape index (κ3) is 4.84. The second-order valence-electron chi connectivity index (χ2n) is 6.65. The number of hydrogen-bond donors (Lipinski definition) is 2. The highest BCUT2D eigenvalue weighted by molar-refractivity contribution is 6.33. The summed E-state index contributed by atoms with van der Waals surface area (Å²) in [7, 11) is 0. The van der Waals surface area contributed by atoms with E-state index < -0.39 is 5.91 Å². The lowest BCUT2D eigenvalue weighted by Gasteiger charge is -2.11. The molecule has 6 nitrogen and oxygen atoms in total. The largest absolute Gasteiger partial charge is 0.352 e. The predicted molar refractivity (Wildman–Crippen MR) is 115 cm³/mol. The number of carbonyl (C=O) groups excluding carboxylic acids is 2. The molecule has 0 unspecified atom stereocenters. The molecule has 0 aliphatic heterocycles. The number of anilines is 1. The number of benzene rings is 2. The average molecular weight is 411 g/mol. The fourth-order valence-electron chi connectivity index (χ4n) is 2.98. The molecule has 3 rings (SSSR count). The zero-order chi connectivity index (χ0) is 20.8. The Morgan fingerprint density at radius 2 is 1.72 bits per heavy atom. The Bertz CT molecular complexity index is 1010. The van der Waals surface area contributed by atoms with Crippen molar-refractivity contribution in [2.75, 3.05) is 11.9 Å². The highest BCUT2D eigenvalue weighted by atomic mass is 35.5. The smallest absolute Gasteiger partial charge is 0.260 e. The summed E-state index contributed by atoms with van der Waals surface area (Å²) in [6, 6.07) is 16.6. The Morgan fingerprint density at radius 3 is 2.45 bits per heavy atom. The molecule has 0 saturated heterocycles. The normalized spacial score (nSPS) is 10.6. The van der Waals surface area contributed by atoms with Crippen molar-refractivity contribution < 1.29 is 9.59 Å². The molecule has 0 radical (unpaired) electrons. The van der Waals surface area contributed by atoms with Crippen LogP contribution in [-0.2, 0) is 6.54 Å². The van der Waals surface area contributed by atoms with Crippen LogP contribution < -0.4 is 10.6 Å². The van der Waals surface area contributed by atoms with Crippen molar-refractivity contribution in [1.29, 1.82) is 0 Å². The van der Waals surface area contributed by atoms with Crippen LogP contribution in [0.4, 0.5) is 5.69 Å². The molecule has 2 amide bonds. The molecule has 0 fully saturated rings. The zero-order valence-corrected chi connectivity index (χ0v) is 17.2. The first-order valence-corrected chi connectivity index (χ1v) is 9.84. The molecule has 3 aromatic rings. The minimum absolute atomic E-state index is 0.231. The number of nitrogens with zero attached hydrogens (tertiary/aromatic N) is 2. The maximum atomic E-state index is 12.9. The van der Waals surface area contributed by atoms with Gasteiger partial charge in [0.2, 0.25) is 0 Å². The molecule has 0 bridgehead atoms. The number of aromatic nitrogens is 2. The molecule has 0 saturated carbocycles. The molecule has 1 heterocycles. The summed E-state index contributed by atoms with van der Waals surface area (Å²) in [5.41, 5.74) is 2.68. The number of hydrogen-bond acceptors (Lipinski definition) is 3. The van der Waals surface area contributed by atoms with Gasteiger partial charge in [-0.1, -0.05) is 61.0 Å². The Kier molecular flexibility index (Phi) is 6.67. The number of rotatable bonds is 7.